The Morgan fingerprint density at radius 3 is 1.69 bits per heavy atom. The highest BCUT2D eigenvalue weighted by atomic mass is 16.5. The first-order chi connectivity index (χ1) is 7.85. The number of fused-ring (bicyclic) bond motifs is 1. The van der Waals surface area contributed by atoms with Crippen molar-refractivity contribution in [3.05, 3.63) is 46.5 Å². The highest BCUT2D eigenvalue weighted by molar-refractivity contribution is 5.40. The monoisotopic (exact) mass is 218 g/mol. The minimum Gasteiger partial charge on any atom is -0.380 e. The van der Waals surface area contributed by atoms with Crippen LogP contribution in [0.5, 0.6) is 0 Å². The Kier molecular flexibility index (Phi) is 3.75. The number of rotatable bonds is 4. The van der Waals surface area contributed by atoms with Crippen molar-refractivity contribution in [2.75, 3.05) is 27.4 Å². The van der Waals surface area contributed by atoms with E-state index in [0.29, 0.717) is 13.2 Å². The molecule has 0 N–H and O–H groups in total. The summed E-state index contributed by atoms with van der Waals surface area (Å²) in [5.41, 5.74) is 5.61. The maximum atomic E-state index is 5.26. The van der Waals surface area contributed by atoms with Crippen molar-refractivity contribution in [2.24, 2.45) is 0 Å². The zero-order valence-corrected chi connectivity index (χ0v) is 9.95. The van der Waals surface area contributed by atoms with Crippen LogP contribution < -0.4 is 0 Å². The molecule has 0 aromatic heterocycles. The number of methoxy groups -OCH3 is 2. The van der Waals surface area contributed by atoms with Crippen molar-refractivity contribution >= 4 is 0 Å². The van der Waals surface area contributed by atoms with Crippen LogP contribution in [0.3, 0.4) is 0 Å². The van der Waals surface area contributed by atoms with Crippen molar-refractivity contribution in [3.63, 3.8) is 0 Å². The maximum absolute atomic E-state index is 5.26. The van der Waals surface area contributed by atoms with Crippen LogP contribution >= 0.6 is 0 Å². The molecule has 0 amide bonds. The summed E-state index contributed by atoms with van der Waals surface area (Å²) in [4.78, 5) is 0. The van der Waals surface area contributed by atoms with Gasteiger partial charge in [-0.25, -0.2) is 0 Å². The summed E-state index contributed by atoms with van der Waals surface area (Å²) in [6.07, 6.45) is 2.01. The maximum Gasteiger partial charge on any atom is 0.0679 e. The molecule has 2 rings (SSSR count). The molecule has 0 spiro atoms. The van der Waals surface area contributed by atoms with Crippen LogP contribution in [0.2, 0.25) is 0 Å². The van der Waals surface area contributed by atoms with E-state index in [0.717, 1.165) is 12.8 Å². The second-order valence-corrected chi connectivity index (χ2v) is 4.20. The first-order valence-electron chi connectivity index (χ1n) is 5.59. The summed E-state index contributed by atoms with van der Waals surface area (Å²) in [7, 11) is 3.50. The molecule has 0 aliphatic heterocycles. The van der Waals surface area contributed by atoms with E-state index in [2.05, 4.69) is 24.3 Å². The van der Waals surface area contributed by atoms with E-state index in [1.807, 2.05) is 0 Å². The molecule has 86 valence electrons. The fourth-order valence-electron chi connectivity index (χ4n) is 2.27. The summed E-state index contributed by atoms with van der Waals surface area (Å²) >= 11 is 0. The minimum absolute atomic E-state index is 0.715. The largest absolute Gasteiger partial charge is 0.380 e. The predicted octanol–water partition coefficient (Wildman–Crippen LogP) is 2.37. The number of hydrogen-bond donors (Lipinski definition) is 0. The number of hydrogen-bond acceptors (Lipinski definition) is 2. The van der Waals surface area contributed by atoms with Gasteiger partial charge in [0.05, 0.1) is 13.2 Å². The molecule has 0 bridgehead atoms. The average molecular weight is 218 g/mol. The molecular formula is C14H18O2. The lowest BCUT2D eigenvalue weighted by atomic mass is 9.86. The van der Waals surface area contributed by atoms with E-state index in [1.165, 1.54) is 22.3 Å². The van der Waals surface area contributed by atoms with Crippen LogP contribution in [0.1, 0.15) is 11.1 Å². The van der Waals surface area contributed by atoms with Crippen molar-refractivity contribution in [2.45, 2.75) is 12.8 Å². The van der Waals surface area contributed by atoms with Crippen LogP contribution in [-0.2, 0) is 22.3 Å². The van der Waals surface area contributed by atoms with Gasteiger partial charge in [-0.3, -0.25) is 0 Å². The van der Waals surface area contributed by atoms with Gasteiger partial charge in [0.2, 0.25) is 0 Å². The van der Waals surface area contributed by atoms with Crippen LogP contribution in [-0.4, -0.2) is 27.4 Å². The fourth-order valence-corrected chi connectivity index (χ4v) is 2.27. The Morgan fingerprint density at radius 1 is 0.875 bits per heavy atom. The molecule has 0 fully saturated rings. The van der Waals surface area contributed by atoms with E-state index in [1.54, 1.807) is 14.2 Å². The zero-order chi connectivity index (χ0) is 11.4. The molecule has 1 aromatic carbocycles. The molecule has 1 aliphatic carbocycles. The van der Waals surface area contributed by atoms with Gasteiger partial charge in [-0.15, -0.1) is 0 Å². The highest BCUT2D eigenvalue weighted by Gasteiger charge is 2.17. The molecular weight excluding hydrogens is 200 g/mol. The normalized spacial score (nSPS) is 15.1. The van der Waals surface area contributed by atoms with Gasteiger partial charge in [-0.1, -0.05) is 24.3 Å². The van der Waals surface area contributed by atoms with Crippen molar-refractivity contribution < 1.29 is 9.47 Å². The molecule has 0 radical (unpaired) electrons. The zero-order valence-electron chi connectivity index (χ0n) is 9.95. The lowest BCUT2D eigenvalue weighted by Gasteiger charge is -2.22. The first kappa shape index (κ1) is 11.4. The molecule has 0 heterocycles. The molecule has 0 saturated heterocycles. The van der Waals surface area contributed by atoms with Gasteiger partial charge in [0.15, 0.2) is 0 Å². The molecule has 0 atom stereocenters. The molecule has 16 heavy (non-hydrogen) atoms. The Bertz CT molecular complexity index is 356. The lowest BCUT2D eigenvalue weighted by Crippen LogP contribution is -2.15. The molecule has 0 saturated carbocycles. The molecule has 0 unspecified atom stereocenters. The molecule has 1 aromatic rings. The summed E-state index contributed by atoms with van der Waals surface area (Å²) < 4.78 is 10.5. The predicted molar refractivity (Wildman–Crippen MR) is 64.6 cm³/mol. The third kappa shape index (κ3) is 2.34. The van der Waals surface area contributed by atoms with Crippen LogP contribution in [0.4, 0.5) is 0 Å². The van der Waals surface area contributed by atoms with Crippen LogP contribution in [0.25, 0.3) is 0 Å². The molecule has 2 nitrogen and oxygen atoms in total. The smallest absolute Gasteiger partial charge is 0.0679 e. The SMILES string of the molecule is COCC1=C(COC)Cc2ccccc2C1. The van der Waals surface area contributed by atoms with E-state index in [4.69, 9.17) is 9.47 Å². The van der Waals surface area contributed by atoms with Gasteiger partial charge < -0.3 is 9.47 Å². The van der Waals surface area contributed by atoms with E-state index >= 15 is 0 Å². The Hall–Kier alpha value is -1.12. The number of benzene rings is 1. The van der Waals surface area contributed by atoms with E-state index < -0.39 is 0 Å². The molecule has 2 heteroatoms. The average Bonchev–Trinajstić information content (AvgIpc) is 2.30. The van der Waals surface area contributed by atoms with Gasteiger partial charge in [0.1, 0.15) is 0 Å². The standard InChI is InChI=1S/C14H18O2/c1-15-9-13-7-11-5-3-4-6-12(11)8-14(13)10-16-2/h3-6H,7-10H2,1-2H3. The van der Waals surface area contributed by atoms with Crippen molar-refractivity contribution in [1.82, 2.24) is 0 Å². The Balaban J connectivity index is 2.25. The first-order valence-corrected chi connectivity index (χ1v) is 5.59. The quantitative estimate of drug-likeness (QED) is 0.722. The van der Waals surface area contributed by atoms with Crippen molar-refractivity contribution in [1.29, 1.82) is 0 Å². The summed E-state index contributed by atoms with van der Waals surface area (Å²) in [6, 6.07) is 8.61. The van der Waals surface area contributed by atoms with Crippen LogP contribution in [0.15, 0.2) is 35.4 Å². The Morgan fingerprint density at radius 2 is 1.31 bits per heavy atom. The van der Waals surface area contributed by atoms with Gasteiger partial charge in [-0.05, 0) is 35.1 Å². The van der Waals surface area contributed by atoms with Gasteiger partial charge in [0, 0.05) is 14.2 Å². The fraction of sp³-hybridized carbons (Fsp3) is 0.429. The van der Waals surface area contributed by atoms with Gasteiger partial charge >= 0.3 is 0 Å². The lowest BCUT2D eigenvalue weighted by molar-refractivity contribution is 0.207. The summed E-state index contributed by atoms with van der Waals surface area (Å²) in [6.45, 7) is 1.43. The second-order valence-electron chi connectivity index (χ2n) is 4.20. The third-order valence-corrected chi connectivity index (χ3v) is 3.06. The third-order valence-electron chi connectivity index (χ3n) is 3.06. The number of ether oxygens (including phenoxy) is 2. The Labute approximate surface area is 96.9 Å². The molecule has 1 aliphatic rings. The van der Waals surface area contributed by atoms with Gasteiger partial charge in [-0.2, -0.15) is 0 Å². The van der Waals surface area contributed by atoms with Crippen molar-refractivity contribution in [3.8, 4) is 0 Å². The minimum atomic E-state index is 0.715. The van der Waals surface area contributed by atoms with Gasteiger partial charge in [0.25, 0.3) is 0 Å². The topological polar surface area (TPSA) is 18.5 Å². The van der Waals surface area contributed by atoms with E-state index in [9.17, 15) is 0 Å². The highest BCUT2D eigenvalue weighted by Crippen LogP contribution is 2.26. The summed E-state index contributed by atoms with van der Waals surface area (Å²) in [5, 5.41) is 0. The van der Waals surface area contributed by atoms with Crippen LogP contribution in [0, 0.1) is 0 Å². The van der Waals surface area contributed by atoms with E-state index in [-0.39, 0.29) is 0 Å². The second kappa shape index (κ2) is 5.28. The summed E-state index contributed by atoms with van der Waals surface area (Å²) in [5.74, 6) is 0.